The van der Waals surface area contributed by atoms with Crippen LogP contribution < -0.4 is 14.8 Å². The Labute approximate surface area is 289 Å². The van der Waals surface area contributed by atoms with Gasteiger partial charge in [0, 0.05) is 6.54 Å². The van der Waals surface area contributed by atoms with Crippen LogP contribution in [0.4, 0.5) is 0 Å². The monoisotopic (exact) mass is 683 g/mol. The molecule has 258 valence electrons. The summed E-state index contributed by atoms with van der Waals surface area (Å²) < 4.78 is 27.5. The maximum absolute atomic E-state index is 13.8. The second-order valence-corrected chi connectivity index (χ2v) is 17.9. The summed E-state index contributed by atoms with van der Waals surface area (Å²) in [6.07, 6.45) is 0. The van der Waals surface area contributed by atoms with Gasteiger partial charge in [0.05, 0.1) is 46.2 Å². The van der Waals surface area contributed by atoms with Crippen LogP contribution in [0.3, 0.4) is 0 Å². The van der Waals surface area contributed by atoms with E-state index in [9.17, 15) is 14.4 Å². The fourth-order valence-electron chi connectivity index (χ4n) is 5.04. The normalized spacial score (nSPS) is 11.4. The lowest BCUT2D eigenvalue weighted by Crippen LogP contribution is -2.40. The first-order chi connectivity index (χ1) is 23.2. The zero-order chi connectivity index (χ0) is 35.9. The van der Waals surface area contributed by atoms with E-state index in [-0.39, 0.29) is 23.1 Å². The molecule has 0 radical (unpaired) electrons. The Kier molecular flexibility index (Phi) is 11.7. The molecule has 0 unspecified atom stereocenters. The molecule has 0 aliphatic rings. The zero-order valence-corrected chi connectivity index (χ0v) is 30.7. The molecule has 4 aromatic carbocycles. The molecule has 0 atom stereocenters. The van der Waals surface area contributed by atoms with E-state index in [1.807, 2.05) is 54.6 Å². The highest BCUT2D eigenvalue weighted by atomic mass is 28.4. The number of hydrogen-bond acceptors (Lipinski definition) is 8. The minimum Gasteiger partial charge on any atom is -0.496 e. The molecule has 49 heavy (non-hydrogen) atoms. The molecule has 0 heterocycles. The fourth-order valence-corrected chi connectivity index (χ4v) is 6.00. The average molecular weight is 684 g/mol. The van der Waals surface area contributed by atoms with Crippen LogP contribution in [0.2, 0.25) is 18.1 Å². The van der Waals surface area contributed by atoms with Crippen LogP contribution in [0, 0.1) is 0 Å². The van der Waals surface area contributed by atoms with Crippen molar-refractivity contribution in [2.75, 3.05) is 28.4 Å². The quantitative estimate of drug-likeness (QED) is 0.118. The van der Waals surface area contributed by atoms with Crippen molar-refractivity contribution in [1.82, 2.24) is 5.32 Å². The second-order valence-electron chi connectivity index (χ2n) is 13.1. The van der Waals surface area contributed by atoms with Gasteiger partial charge in [0.1, 0.15) is 17.1 Å². The molecule has 4 aromatic rings. The third-order valence-corrected chi connectivity index (χ3v) is 13.5. The predicted octanol–water partition coefficient (Wildman–Crippen LogP) is 8.06. The zero-order valence-electron chi connectivity index (χ0n) is 29.7. The predicted molar refractivity (Wildman–Crippen MR) is 193 cm³/mol. The van der Waals surface area contributed by atoms with E-state index in [0.29, 0.717) is 29.2 Å². The topological polar surface area (TPSA) is 109 Å². The molecule has 1 amide bonds. The minimum absolute atomic E-state index is 0.0487. The Balaban J connectivity index is 1.67. The molecule has 4 rings (SSSR count). The summed E-state index contributed by atoms with van der Waals surface area (Å²) >= 11 is 0. The molecule has 0 fully saturated rings. The van der Waals surface area contributed by atoms with E-state index in [1.54, 1.807) is 24.3 Å². The van der Waals surface area contributed by atoms with E-state index < -0.39 is 20.3 Å². The highest BCUT2D eigenvalue weighted by molar-refractivity contribution is 6.74. The van der Waals surface area contributed by atoms with Gasteiger partial charge in [-0.15, -0.1) is 0 Å². The van der Waals surface area contributed by atoms with E-state index in [4.69, 9.17) is 23.4 Å². The van der Waals surface area contributed by atoms with Crippen LogP contribution in [0.15, 0.2) is 78.9 Å². The van der Waals surface area contributed by atoms with Gasteiger partial charge in [-0.25, -0.2) is 9.59 Å². The second kappa shape index (κ2) is 15.5. The van der Waals surface area contributed by atoms with Crippen molar-refractivity contribution in [2.24, 2.45) is 0 Å². The highest BCUT2D eigenvalue weighted by Crippen LogP contribution is 2.38. The number of carbonyl (C=O) groups excluding carboxylic acids is 3. The first-order valence-corrected chi connectivity index (χ1v) is 18.8. The van der Waals surface area contributed by atoms with Gasteiger partial charge >= 0.3 is 11.9 Å². The van der Waals surface area contributed by atoms with Crippen LogP contribution in [0.5, 0.6) is 11.5 Å². The number of esters is 2. The van der Waals surface area contributed by atoms with E-state index in [0.717, 1.165) is 33.4 Å². The van der Waals surface area contributed by atoms with Crippen molar-refractivity contribution < 1.29 is 37.8 Å². The Morgan fingerprint density at radius 1 is 0.673 bits per heavy atom. The molecule has 10 heteroatoms. The van der Waals surface area contributed by atoms with Crippen molar-refractivity contribution in [3.63, 3.8) is 0 Å². The number of carbonyl (C=O) groups is 3. The van der Waals surface area contributed by atoms with Gasteiger partial charge in [0.25, 0.3) is 5.91 Å². The largest absolute Gasteiger partial charge is 0.496 e. The molecule has 0 spiro atoms. The average Bonchev–Trinajstić information content (AvgIpc) is 3.11. The van der Waals surface area contributed by atoms with Crippen molar-refractivity contribution >= 4 is 26.2 Å². The maximum Gasteiger partial charge on any atom is 0.337 e. The number of benzene rings is 4. The van der Waals surface area contributed by atoms with Gasteiger partial charge in [-0.2, -0.15) is 0 Å². The number of amides is 1. The number of hydrogen-bond donors (Lipinski definition) is 1. The molecule has 9 nitrogen and oxygen atoms in total. The number of rotatable bonds is 12. The van der Waals surface area contributed by atoms with Gasteiger partial charge in [-0.3, -0.25) is 4.79 Å². The number of methoxy groups -OCH3 is 4. The molecule has 0 aliphatic carbocycles. The van der Waals surface area contributed by atoms with Crippen molar-refractivity contribution in [1.29, 1.82) is 0 Å². The Hall–Kier alpha value is -4.93. The molecule has 1 N–H and O–H groups in total. The van der Waals surface area contributed by atoms with Gasteiger partial charge in [0.2, 0.25) is 0 Å². The third-order valence-electron chi connectivity index (χ3n) is 9.00. The molecule has 0 saturated carbocycles. The standard InChI is InChI=1S/C39H45NO8Si/c1-39(2,3)49(8,9)48-24-25-20-33(44-4)35(34(21-25)45-5)36(41)40-23-31-22-30(26-10-14-28(15-11-26)37(42)46-6)18-19-32(31)27-12-16-29(17-13-27)38(43)47-7/h10-22H,23-24H2,1-9H3,(H,40,41). The lowest BCUT2D eigenvalue weighted by atomic mass is 9.94. The van der Waals surface area contributed by atoms with Gasteiger partial charge in [0.15, 0.2) is 8.32 Å². The van der Waals surface area contributed by atoms with Crippen LogP contribution in [-0.4, -0.2) is 54.6 Å². The number of nitrogens with one attached hydrogen (secondary N) is 1. The SMILES string of the molecule is COC(=O)c1ccc(-c2ccc(-c3ccc(C(=O)OC)cc3)c(CNC(=O)c3c(OC)cc(CO[Si](C)(C)C(C)(C)C)cc3OC)c2)cc1. The van der Waals surface area contributed by atoms with Crippen LogP contribution in [0.1, 0.15) is 63.0 Å². The Morgan fingerprint density at radius 2 is 1.16 bits per heavy atom. The summed E-state index contributed by atoms with van der Waals surface area (Å²) in [7, 11) is 3.72. The summed E-state index contributed by atoms with van der Waals surface area (Å²) in [4.78, 5) is 37.9. The lowest BCUT2D eigenvalue weighted by molar-refractivity contribution is 0.0592. The highest BCUT2D eigenvalue weighted by Gasteiger charge is 2.37. The first kappa shape index (κ1) is 36.9. The van der Waals surface area contributed by atoms with Crippen LogP contribution in [-0.2, 0) is 27.1 Å². The number of ether oxygens (including phenoxy) is 4. The maximum atomic E-state index is 13.8. The smallest absolute Gasteiger partial charge is 0.337 e. The van der Waals surface area contributed by atoms with Crippen molar-refractivity contribution in [3.05, 3.63) is 107 Å². The molecular formula is C39H45NO8Si. The van der Waals surface area contributed by atoms with Crippen molar-refractivity contribution in [2.45, 2.75) is 52.1 Å². The van der Waals surface area contributed by atoms with Gasteiger partial charge < -0.3 is 28.7 Å². The summed E-state index contributed by atoms with van der Waals surface area (Å²) in [5.41, 5.74) is 6.31. The van der Waals surface area contributed by atoms with Crippen molar-refractivity contribution in [3.8, 4) is 33.8 Å². The van der Waals surface area contributed by atoms with Crippen LogP contribution in [0.25, 0.3) is 22.3 Å². The van der Waals surface area contributed by atoms with E-state index in [1.165, 1.54) is 28.4 Å². The van der Waals surface area contributed by atoms with Crippen LogP contribution >= 0.6 is 0 Å². The van der Waals surface area contributed by atoms with E-state index >= 15 is 0 Å². The first-order valence-electron chi connectivity index (χ1n) is 15.9. The van der Waals surface area contributed by atoms with Gasteiger partial charge in [-0.05, 0) is 94.0 Å². The Morgan fingerprint density at radius 3 is 1.63 bits per heavy atom. The molecule has 0 aromatic heterocycles. The lowest BCUT2D eigenvalue weighted by Gasteiger charge is -2.36. The summed E-state index contributed by atoms with van der Waals surface area (Å²) in [6, 6.07) is 23.8. The van der Waals surface area contributed by atoms with Gasteiger partial charge in [-0.1, -0.05) is 57.2 Å². The Bertz CT molecular complexity index is 1780. The summed E-state index contributed by atoms with van der Waals surface area (Å²) in [5, 5.41) is 3.11. The third kappa shape index (κ3) is 8.57. The molecule has 0 aliphatic heterocycles. The molecular weight excluding hydrogens is 639 g/mol. The van der Waals surface area contributed by atoms with E-state index in [2.05, 4.69) is 39.2 Å². The molecule has 0 saturated heterocycles. The minimum atomic E-state index is -2.02. The summed E-state index contributed by atoms with van der Waals surface area (Å²) in [5.74, 6) is -0.453. The molecule has 0 bridgehead atoms. The fraction of sp³-hybridized carbons (Fsp3) is 0.308. The summed E-state index contributed by atoms with van der Waals surface area (Å²) in [6.45, 7) is 11.5.